The number of aromatic nitrogens is 1. The molecule has 5 aliphatic rings. The molecular weight excluding hydrogens is 409 g/mol. The molecule has 0 spiro atoms. The van der Waals surface area contributed by atoms with Crippen molar-refractivity contribution in [3.63, 3.8) is 0 Å². The Balaban J connectivity index is 0.00000102. The van der Waals surface area contributed by atoms with Gasteiger partial charge in [0, 0.05) is 42.7 Å². The molecule has 5 nitrogen and oxygen atoms in total. The maximum Gasteiger partial charge on any atom is 0.228 e. The minimum absolute atomic E-state index is 0. The van der Waals surface area contributed by atoms with Crippen molar-refractivity contribution in [2.45, 2.75) is 25.4 Å². The first-order valence-corrected chi connectivity index (χ1v) is 9.99. The molecule has 1 aromatic heterocycles. The average molecular weight is 434 g/mol. The van der Waals surface area contributed by atoms with Crippen LogP contribution in [0.4, 0.5) is 5.69 Å². The molecule has 1 aromatic carbocycles. The van der Waals surface area contributed by atoms with E-state index in [-0.39, 0.29) is 30.7 Å². The quantitative estimate of drug-likeness (QED) is 0.799. The smallest absolute Gasteiger partial charge is 0.228 e. The van der Waals surface area contributed by atoms with Gasteiger partial charge in [0.05, 0.1) is 18.3 Å². The summed E-state index contributed by atoms with van der Waals surface area (Å²) >= 11 is 0. The number of amides is 1. The molecule has 29 heavy (non-hydrogen) atoms. The first-order valence-electron chi connectivity index (χ1n) is 9.99. The van der Waals surface area contributed by atoms with Gasteiger partial charge in [-0.25, -0.2) is 0 Å². The number of hydrogen-bond acceptors (Lipinski definition) is 4. The number of hydrogen-bond donors (Lipinski definition) is 1. The van der Waals surface area contributed by atoms with Crippen molar-refractivity contribution in [2.24, 2.45) is 17.8 Å². The topological polar surface area (TPSA) is 54.5 Å². The number of nitrogens with one attached hydrogen (secondary N) is 1. The lowest BCUT2D eigenvalue weighted by Gasteiger charge is -2.55. The molecule has 7 heteroatoms. The Hall–Kier alpha value is -1.82. The zero-order valence-corrected chi connectivity index (χ0v) is 17.7. The van der Waals surface area contributed by atoms with Gasteiger partial charge in [-0.1, -0.05) is 6.07 Å². The normalized spacial score (nSPS) is 30.8. The van der Waals surface area contributed by atoms with Crippen LogP contribution in [0.25, 0.3) is 11.3 Å². The minimum Gasteiger partial charge on any atom is -0.488 e. The molecule has 1 N–H and O–H groups in total. The highest BCUT2D eigenvalue weighted by Gasteiger charge is 2.48. The molecule has 4 aliphatic heterocycles. The van der Waals surface area contributed by atoms with Crippen LogP contribution >= 0.6 is 24.8 Å². The molecule has 4 bridgehead atoms. The third kappa shape index (κ3) is 3.60. The number of benzene rings is 1. The summed E-state index contributed by atoms with van der Waals surface area (Å²) in [5.74, 6) is 3.19. The van der Waals surface area contributed by atoms with Crippen molar-refractivity contribution >= 4 is 36.4 Å². The van der Waals surface area contributed by atoms with E-state index in [0.29, 0.717) is 24.4 Å². The van der Waals surface area contributed by atoms with Gasteiger partial charge in [-0.05, 0) is 48.6 Å². The number of anilines is 1. The van der Waals surface area contributed by atoms with Crippen molar-refractivity contribution in [1.29, 1.82) is 0 Å². The van der Waals surface area contributed by atoms with Gasteiger partial charge >= 0.3 is 0 Å². The van der Waals surface area contributed by atoms with E-state index in [1.165, 1.54) is 32.5 Å². The molecule has 2 aromatic rings. The van der Waals surface area contributed by atoms with Crippen LogP contribution in [-0.4, -0.2) is 41.5 Å². The molecule has 5 heterocycles. The summed E-state index contributed by atoms with van der Waals surface area (Å²) in [7, 11) is 0. The van der Waals surface area contributed by atoms with Gasteiger partial charge in [-0.15, -0.1) is 24.8 Å². The Bertz CT molecular complexity index is 891. The van der Waals surface area contributed by atoms with Crippen molar-refractivity contribution in [3.05, 3.63) is 42.1 Å². The van der Waals surface area contributed by atoms with Crippen molar-refractivity contribution in [2.75, 3.05) is 25.0 Å². The van der Waals surface area contributed by atoms with E-state index < -0.39 is 0 Å². The largest absolute Gasteiger partial charge is 0.488 e. The number of pyridine rings is 1. The third-order valence-corrected chi connectivity index (χ3v) is 6.74. The van der Waals surface area contributed by atoms with Crippen LogP contribution < -0.4 is 10.1 Å². The Morgan fingerprint density at radius 1 is 1.03 bits per heavy atom. The molecule has 3 saturated heterocycles. The standard InChI is InChI=1S/C22H23N3O2.2ClH/c26-21-8-15-7-14(1-3-20(15)24-21)19-4-2-18(9-23-19)27-22-16-5-13-6-17(22)12-25(10-13)11-16;;/h1-4,7,9,13,16-17,22H,5-6,8,10-12H2,(H,24,26);2*1H. The molecule has 2 atom stereocenters. The highest BCUT2D eigenvalue weighted by atomic mass is 35.5. The molecule has 1 saturated carbocycles. The fraction of sp³-hybridized carbons (Fsp3) is 0.455. The van der Waals surface area contributed by atoms with Crippen LogP contribution in [0.2, 0.25) is 0 Å². The fourth-order valence-electron chi connectivity index (χ4n) is 5.72. The number of rotatable bonds is 3. The van der Waals surface area contributed by atoms with Crippen LogP contribution in [0.3, 0.4) is 0 Å². The number of nitrogens with zero attached hydrogens (tertiary/aromatic N) is 2. The number of halogens is 2. The van der Waals surface area contributed by atoms with E-state index in [1.807, 2.05) is 30.5 Å². The van der Waals surface area contributed by atoms with E-state index in [9.17, 15) is 4.79 Å². The number of carbonyl (C=O) groups excluding carboxylic acids is 1. The molecule has 1 amide bonds. The number of fused-ring (bicyclic) bond motifs is 1. The van der Waals surface area contributed by atoms with Crippen LogP contribution in [0.1, 0.15) is 18.4 Å². The van der Waals surface area contributed by atoms with Gasteiger partial charge in [0.1, 0.15) is 11.9 Å². The Labute approximate surface area is 183 Å². The van der Waals surface area contributed by atoms with Gasteiger partial charge in [0.25, 0.3) is 0 Å². The zero-order valence-electron chi connectivity index (χ0n) is 16.0. The van der Waals surface area contributed by atoms with Gasteiger partial charge in [-0.2, -0.15) is 0 Å². The van der Waals surface area contributed by atoms with Crippen molar-refractivity contribution < 1.29 is 9.53 Å². The second-order valence-corrected chi connectivity index (χ2v) is 8.63. The Kier molecular flexibility index (Phi) is 5.49. The average Bonchev–Trinajstić information content (AvgIpc) is 3.04. The molecule has 1 aliphatic carbocycles. The highest BCUT2D eigenvalue weighted by Crippen LogP contribution is 2.45. The number of ether oxygens (including phenoxy) is 1. The van der Waals surface area contributed by atoms with E-state index in [0.717, 1.165) is 34.2 Å². The molecule has 7 rings (SSSR count). The summed E-state index contributed by atoms with van der Waals surface area (Å²) in [6.07, 6.45) is 5.31. The van der Waals surface area contributed by atoms with Gasteiger partial charge in [0.2, 0.25) is 5.91 Å². The summed E-state index contributed by atoms with van der Waals surface area (Å²) < 4.78 is 6.43. The van der Waals surface area contributed by atoms with Crippen molar-refractivity contribution in [1.82, 2.24) is 9.88 Å². The summed E-state index contributed by atoms with van der Waals surface area (Å²) in [6, 6.07) is 10.1. The van der Waals surface area contributed by atoms with E-state index in [2.05, 4.69) is 21.3 Å². The van der Waals surface area contributed by atoms with E-state index in [1.54, 1.807) is 0 Å². The van der Waals surface area contributed by atoms with E-state index in [4.69, 9.17) is 4.74 Å². The predicted octanol–water partition coefficient (Wildman–Crippen LogP) is 3.81. The molecule has 0 radical (unpaired) electrons. The maximum absolute atomic E-state index is 11.5. The van der Waals surface area contributed by atoms with Crippen LogP contribution in [-0.2, 0) is 11.2 Å². The Morgan fingerprint density at radius 2 is 1.83 bits per heavy atom. The summed E-state index contributed by atoms with van der Waals surface area (Å²) in [6.45, 7) is 3.70. The number of piperidine rings is 3. The summed E-state index contributed by atoms with van der Waals surface area (Å²) in [5.41, 5.74) is 3.92. The van der Waals surface area contributed by atoms with Gasteiger partial charge in [0.15, 0.2) is 0 Å². The van der Waals surface area contributed by atoms with Gasteiger partial charge in [-0.3, -0.25) is 9.78 Å². The molecule has 154 valence electrons. The SMILES string of the molecule is Cl.Cl.O=C1Cc2cc(-c3ccc(OC4C5CC6CC4CN(C6)C5)cn3)ccc2N1. The minimum atomic E-state index is 0. The maximum atomic E-state index is 11.5. The molecule has 2 unspecified atom stereocenters. The Morgan fingerprint density at radius 3 is 2.52 bits per heavy atom. The second-order valence-electron chi connectivity index (χ2n) is 8.63. The van der Waals surface area contributed by atoms with Crippen LogP contribution in [0.5, 0.6) is 5.75 Å². The lowest BCUT2D eigenvalue weighted by atomic mass is 9.66. The number of carbonyl (C=O) groups is 1. The summed E-state index contributed by atoms with van der Waals surface area (Å²) in [4.78, 5) is 18.8. The van der Waals surface area contributed by atoms with Crippen LogP contribution in [0.15, 0.2) is 36.5 Å². The fourth-order valence-corrected chi connectivity index (χ4v) is 5.72. The van der Waals surface area contributed by atoms with Crippen LogP contribution in [0, 0.1) is 17.8 Å². The predicted molar refractivity (Wildman–Crippen MR) is 117 cm³/mol. The van der Waals surface area contributed by atoms with Crippen molar-refractivity contribution in [3.8, 4) is 17.0 Å². The first kappa shape index (κ1) is 20.5. The monoisotopic (exact) mass is 433 g/mol. The third-order valence-electron chi connectivity index (χ3n) is 6.74. The lowest BCUT2D eigenvalue weighted by Crippen LogP contribution is -2.61. The summed E-state index contributed by atoms with van der Waals surface area (Å²) in [5, 5.41) is 2.87. The highest BCUT2D eigenvalue weighted by molar-refractivity contribution is 5.99. The lowest BCUT2D eigenvalue weighted by molar-refractivity contribution is -0.115. The molecular formula is C22H25Cl2N3O2. The molecule has 4 fully saturated rings. The van der Waals surface area contributed by atoms with E-state index >= 15 is 0 Å². The second kappa shape index (κ2) is 7.78. The zero-order chi connectivity index (χ0) is 18.0. The first-order chi connectivity index (χ1) is 13.2. The van der Waals surface area contributed by atoms with Gasteiger partial charge < -0.3 is 15.0 Å².